The number of hydrogen-bond donors (Lipinski definition) is 2. The first-order valence-corrected chi connectivity index (χ1v) is 7.30. The summed E-state index contributed by atoms with van der Waals surface area (Å²) in [6.45, 7) is 2.68. The molecule has 1 fully saturated rings. The Morgan fingerprint density at radius 2 is 2.29 bits per heavy atom. The Morgan fingerprint density at radius 1 is 1.48 bits per heavy atom. The number of amides is 1. The summed E-state index contributed by atoms with van der Waals surface area (Å²) < 4.78 is 6.13. The van der Waals surface area contributed by atoms with Gasteiger partial charge in [0.05, 0.1) is 6.04 Å². The Hall–Kier alpha value is -1.80. The first kappa shape index (κ1) is 15.6. The second-order valence-corrected chi connectivity index (χ2v) is 5.45. The van der Waals surface area contributed by atoms with Crippen molar-refractivity contribution in [2.24, 2.45) is 5.73 Å². The minimum atomic E-state index is -0.220. The summed E-state index contributed by atoms with van der Waals surface area (Å²) in [6, 6.07) is 3.65. The van der Waals surface area contributed by atoms with Crippen LogP contribution in [0.4, 0.5) is 0 Å². The van der Waals surface area contributed by atoms with E-state index in [2.05, 4.69) is 36.4 Å². The van der Waals surface area contributed by atoms with Crippen LogP contribution in [0.5, 0.6) is 0 Å². The summed E-state index contributed by atoms with van der Waals surface area (Å²) >= 11 is 3.29. The molecule has 112 valence electrons. The molecule has 0 spiro atoms. The molecule has 8 heteroatoms. The van der Waals surface area contributed by atoms with Gasteiger partial charge in [-0.3, -0.25) is 4.79 Å². The van der Waals surface area contributed by atoms with E-state index in [4.69, 9.17) is 10.2 Å². The van der Waals surface area contributed by atoms with Crippen LogP contribution >= 0.6 is 15.9 Å². The minimum Gasteiger partial charge on any atom is -0.420 e. The predicted molar refractivity (Wildman–Crippen MR) is 80.2 cm³/mol. The van der Waals surface area contributed by atoms with Gasteiger partial charge in [-0.15, -0.1) is 10.2 Å². The van der Waals surface area contributed by atoms with E-state index >= 15 is 0 Å². The fraction of sp³-hybridized carbons (Fsp3) is 0.385. The topological polar surface area (TPSA) is 107 Å². The van der Waals surface area contributed by atoms with E-state index in [1.165, 1.54) is 0 Å². The third-order valence-corrected chi connectivity index (χ3v) is 3.35. The molecule has 2 aromatic heterocycles. The van der Waals surface area contributed by atoms with Crippen molar-refractivity contribution in [2.75, 3.05) is 6.54 Å². The number of hydrogen-bond acceptors (Lipinski definition) is 6. The molecule has 0 radical (unpaired) electrons. The quantitative estimate of drug-likeness (QED) is 0.845. The largest absolute Gasteiger partial charge is 0.420 e. The molecule has 0 bridgehead atoms. The maximum absolute atomic E-state index is 10.4. The highest BCUT2D eigenvalue weighted by atomic mass is 79.9. The molecule has 0 saturated carbocycles. The van der Waals surface area contributed by atoms with Gasteiger partial charge >= 0.3 is 0 Å². The van der Waals surface area contributed by atoms with Crippen LogP contribution in [0.2, 0.25) is 0 Å². The van der Waals surface area contributed by atoms with Gasteiger partial charge in [-0.2, -0.15) is 0 Å². The Labute approximate surface area is 130 Å². The van der Waals surface area contributed by atoms with Crippen molar-refractivity contribution in [1.29, 1.82) is 0 Å². The van der Waals surface area contributed by atoms with Crippen molar-refractivity contribution in [3.63, 3.8) is 0 Å². The predicted octanol–water partition coefficient (Wildman–Crippen LogP) is 1.43. The SMILES string of the molecule is Cc1nnc(-c2ccc(Br)cn2)o1.NC(=O)C1CCCN1. The third-order valence-electron chi connectivity index (χ3n) is 2.88. The molecule has 1 aliphatic rings. The molecule has 3 N–H and O–H groups in total. The lowest BCUT2D eigenvalue weighted by Crippen LogP contribution is -2.36. The van der Waals surface area contributed by atoms with Crippen molar-refractivity contribution in [3.05, 3.63) is 28.7 Å². The molecule has 2 aromatic rings. The number of primary amides is 1. The third kappa shape index (κ3) is 4.61. The zero-order valence-corrected chi connectivity index (χ0v) is 13.1. The van der Waals surface area contributed by atoms with Gasteiger partial charge in [0, 0.05) is 17.6 Å². The van der Waals surface area contributed by atoms with E-state index in [-0.39, 0.29) is 11.9 Å². The lowest BCUT2D eigenvalue weighted by atomic mass is 10.2. The number of halogens is 1. The van der Waals surface area contributed by atoms with Gasteiger partial charge < -0.3 is 15.5 Å². The normalized spacial score (nSPS) is 17.1. The van der Waals surface area contributed by atoms with Crippen LogP contribution in [0.1, 0.15) is 18.7 Å². The molecule has 1 aliphatic heterocycles. The lowest BCUT2D eigenvalue weighted by Gasteiger charge is -2.01. The molecule has 0 aliphatic carbocycles. The Morgan fingerprint density at radius 3 is 2.71 bits per heavy atom. The number of carbonyl (C=O) groups excluding carboxylic acids is 1. The van der Waals surface area contributed by atoms with Crippen molar-refractivity contribution >= 4 is 21.8 Å². The first-order valence-electron chi connectivity index (χ1n) is 6.51. The summed E-state index contributed by atoms with van der Waals surface area (Å²) in [7, 11) is 0. The van der Waals surface area contributed by atoms with Gasteiger partial charge in [-0.05, 0) is 47.4 Å². The highest BCUT2D eigenvalue weighted by Crippen LogP contribution is 2.16. The first-order chi connectivity index (χ1) is 10.1. The van der Waals surface area contributed by atoms with Crippen molar-refractivity contribution < 1.29 is 9.21 Å². The molecule has 1 amide bonds. The molecular formula is C13H16BrN5O2. The average Bonchev–Trinajstić information content (AvgIpc) is 3.11. The number of nitrogens with one attached hydrogen (secondary N) is 1. The molecule has 1 saturated heterocycles. The Kier molecular flexibility index (Phi) is 5.40. The highest BCUT2D eigenvalue weighted by Gasteiger charge is 2.18. The summed E-state index contributed by atoms with van der Waals surface area (Å²) in [5.41, 5.74) is 5.68. The average molecular weight is 354 g/mol. The van der Waals surface area contributed by atoms with Crippen LogP contribution in [0, 0.1) is 6.92 Å². The maximum Gasteiger partial charge on any atom is 0.266 e. The fourth-order valence-corrected chi connectivity index (χ4v) is 2.06. The molecule has 3 heterocycles. The second kappa shape index (κ2) is 7.28. The van der Waals surface area contributed by atoms with Crippen LogP contribution in [0.15, 0.2) is 27.2 Å². The van der Waals surface area contributed by atoms with Crippen molar-refractivity contribution in [3.8, 4) is 11.6 Å². The number of pyridine rings is 1. The van der Waals surface area contributed by atoms with Crippen LogP contribution in [-0.4, -0.2) is 33.7 Å². The molecule has 0 aromatic carbocycles. The Bertz CT molecular complexity index is 593. The van der Waals surface area contributed by atoms with Crippen LogP contribution in [0.3, 0.4) is 0 Å². The molecule has 1 unspecified atom stereocenters. The number of aryl methyl sites for hydroxylation is 1. The molecule has 1 atom stereocenters. The monoisotopic (exact) mass is 353 g/mol. The second-order valence-electron chi connectivity index (χ2n) is 4.54. The van der Waals surface area contributed by atoms with E-state index in [0.717, 1.165) is 23.9 Å². The zero-order valence-electron chi connectivity index (χ0n) is 11.5. The van der Waals surface area contributed by atoms with E-state index < -0.39 is 0 Å². The van der Waals surface area contributed by atoms with Gasteiger partial charge in [0.15, 0.2) is 0 Å². The van der Waals surface area contributed by atoms with Gasteiger partial charge in [0.25, 0.3) is 5.89 Å². The number of nitrogens with zero attached hydrogens (tertiary/aromatic N) is 3. The van der Waals surface area contributed by atoms with Gasteiger partial charge in [-0.1, -0.05) is 0 Å². The maximum atomic E-state index is 10.4. The van der Waals surface area contributed by atoms with Crippen LogP contribution < -0.4 is 11.1 Å². The van der Waals surface area contributed by atoms with Crippen molar-refractivity contribution in [1.82, 2.24) is 20.5 Å². The van der Waals surface area contributed by atoms with Crippen molar-refractivity contribution in [2.45, 2.75) is 25.8 Å². The summed E-state index contributed by atoms with van der Waals surface area (Å²) in [6.07, 6.45) is 3.68. The number of rotatable bonds is 2. The minimum absolute atomic E-state index is 0.0463. The van der Waals surface area contributed by atoms with Gasteiger partial charge in [0.2, 0.25) is 11.8 Å². The molecule has 7 nitrogen and oxygen atoms in total. The van der Waals surface area contributed by atoms with Crippen LogP contribution in [0.25, 0.3) is 11.6 Å². The van der Waals surface area contributed by atoms with E-state index in [0.29, 0.717) is 17.5 Å². The van der Waals surface area contributed by atoms with E-state index in [1.54, 1.807) is 13.1 Å². The van der Waals surface area contributed by atoms with E-state index in [9.17, 15) is 4.79 Å². The summed E-state index contributed by atoms with van der Waals surface area (Å²) in [5, 5.41) is 10.5. The lowest BCUT2D eigenvalue weighted by molar-refractivity contribution is -0.119. The number of nitrogens with two attached hydrogens (primary N) is 1. The molecular weight excluding hydrogens is 338 g/mol. The summed E-state index contributed by atoms with van der Waals surface area (Å²) in [5.74, 6) is 0.771. The molecule has 3 rings (SSSR count). The molecule has 21 heavy (non-hydrogen) atoms. The van der Waals surface area contributed by atoms with Gasteiger partial charge in [-0.25, -0.2) is 4.98 Å². The summed E-state index contributed by atoms with van der Waals surface area (Å²) in [4.78, 5) is 14.5. The standard InChI is InChI=1S/C8H6BrN3O.C5H10N2O/c1-5-11-12-8(13-5)7-3-2-6(9)4-10-7;6-5(8)4-2-1-3-7-4/h2-4H,1H3;4,7H,1-3H2,(H2,6,8). The Balaban J connectivity index is 0.000000173. The van der Waals surface area contributed by atoms with Gasteiger partial charge in [0.1, 0.15) is 5.69 Å². The zero-order chi connectivity index (χ0) is 15.2. The van der Waals surface area contributed by atoms with Crippen LogP contribution in [-0.2, 0) is 4.79 Å². The highest BCUT2D eigenvalue weighted by molar-refractivity contribution is 9.10. The van der Waals surface area contributed by atoms with E-state index in [1.807, 2.05) is 12.1 Å². The number of carbonyl (C=O) groups is 1. The number of aromatic nitrogens is 3. The fourth-order valence-electron chi connectivity index (χ4n) is 1.83. The smallest absolute Gasteiger partial charge is 0.266 e.